The van der Waals surface area contributed by atoms with E-state index >= 15 is 0 Å². The van der Waals surface area contributed by atoms with E-state index in [0.717, 1.165) is 22.8 Å². The molecule has 0 aliphatic rings. The molecule has 0 radical (unpaired) electrons. The Labute approximate surface area is 140 Å². The number of carbonyl (C=O) groups excluding carboxylic acids is 1. The number of nitrogens with zero attached hydrogens (tertiary/aromatic N) is 3. The van der Waals surface area contributed by atoms with Gasteiger partial charge >= 0.3 is 0 Å². The minimum Gasteiger partial charge on any atom is -0.303 e. The SMILES string of the molecule is Cc1cc(/C=N\NC(=O)c2ccccc2)c(C)n1-c1ccccn1. The van der Waals surface area contributed by atoms with E-state index in [1.807, 2.05) is 56.3 Å². The Morgan fingerprint density at radius 1 is 1.12 bits per heavy atom. The molecule has 0 fully saturated rings. The number of hydrogen-bond donors (Lipinski definition) is 1. The molecule has 24 heavy (non-hydrogen) atoms. The van der Waals surface area contributed by atoms with E-state index in [0.29, 0.717) is 5.56 Å². The van der Waals surface area contributed by atoms with Gasteiger partial charge < -0.3 is 4.57 Å². The molecule has 0 unspecified atom stereocenters. The van der Waals surface area contributed by atoms with Crippen molar-refractivity contribution in [3.8, 4) is 5.82 Å². The minimum atomic E-state index is -0.231. The van der Waals surface area contributed by atoms with Crippen LogP contribution in [0.5, 0.6) is 0 Å². The summed E-state index contributed by atoms with van der Waals surface area (Å²) in [6, 6.07) is 16.8. The highest BCUT2D eigenvalue weighted by molar-refractivity contribution is 5.94. The van der Waals surface area contributed by atoms with Gasteiger partial charge in [-0.3, -0.25) is 4.79 Å². The van der Waals surface area contributed by atoms with Gasteiger partial charge in [0.05, 0.1) is 6.21 Å². The Morgan fingerprint density at radius 2 is 1.88 bits per heavy atom. The molecule has 3 rings (SSSR count). The summed E-state index contributed by atoms with van der Waals surface area (Å²) in [5.74, 6) is 0.630. The van der Waals surface area contributed by atoms with E-state index in [-0.39, 0.29) is 5.91 Å². The number of carbonyl (C=O) groups is 1. The first-order valence-electron chi connectivity index (χ1n) is 7.65. The smallest absolute Gasteiger partial charge is 0.271 e. The van der Waals surface area contributed by atoms with Crippen LogP contribution in [0.2, 0.25) is 0 Å². The van der Waals surface area contributed by atoms with E-state index in [2.05, 4.69) is 20.1 Å². The monoisotopic (exact) mass is 318 g/mol. The Hall–Kier alpha value is -3.21. The molecule has 0 atom stereocenters. The van der Waals surface area contributed by atoms with Crippen molar-refractivity contribution in [2.75, 3.05) is 0 Å². The molecule has 2 aromatic heterocycles. The molecule has 0 aliphatic carbocycles. The number of hydrogen-bond acceptors (Lipinski definition) is 3. The van der Waals surface area contributed by atoms with Crippen LogP contribution in [0.1, 0.15) is 27.3 Å². The third-order valence-corrected chi connectivity index (χ3v) is 3.75. The maximum Gasteiger partial charge on any atom is 0.271 e. The Kier molecular flexibility index (Phi) is 4.52. The maximum absolute atomic E-state index is 12.0. The lowest BCUT2D eigenvalue weighted by Gasteiger charge is -2.07. The molecule has 5 nitrogen and oxygen atoms in total. The van der Waals surface area contributed by atoms with Crippen molar-refractivity contribution in [1.82, 2.24) is 15.0 Å². The number of pyridine rings is 1. The zero-order chi connectivity index (χ0) is 16.9. The van der Waals surface area contributed by atoms with Gasteiger partial charge in [0.15, 0.2) is 0 Å². The van der Waals surface area contributed by atoms with Gasteiger partial charge in [0.1, 0.15) is 5.82 Å². The van der Waals surface area contributed by atoms with Gasteiger partial charge in [-0.15, -0.1) is 0 Å². The minimum absolute atomic E-state index is 0.231. The third kappa shape index (κ3) is 3.25. The predicted molar refractivity (Wildman–Crippen MR) is 94.5 cm³/mol. The highest BCUT2D eigenvalue weighted by atomic mass is 16.2. The van der Waals surface area contributed by atoms with Crippen molar-refractivity contribution in [3.05, 3.63) is 83.3 Å². The number of amides is 1. The van der Waals surface area contributed by atoms with Gasteiger partial charge in [0.25, 0.3) is 5.91 Å². The summed E-state index contributed by atoms with van der Waals surface area (Å²) >= 11 is 0. The van der Waals surface area contributed by atoms with Gasteiger partial charge in [0.2, 0.25) is 0 Å². The van der Waals surface area contributed by atoms with Crippen LogP contribution in [0.4, 0.5) is 0 Å². The number of nitrogens with one attached hydrogen (secondary N) is 1. The van der Waals surface area contributed by atoms with Gasteiger partial charge in [-0.1, -0.05) is 24.3 Å². The van der Waals surface area contributed by atoms with E-state index in [9.17, 15) is 4.79 Å². The molecule has 0 spiro atoms. The van der Waals surface area contributed by atoms with Gasteiger partial charge in [-0.2, -0.15) is 5.10 Å². The largest absolute Gasteiger partial charge is 0.303 e. The van der Waals surface area contributed by atoms with Crippen LogP contribution in [0.25, 0.3) is 5.82 Å². The summed E-state index contributed by atoms with van der Waals surface area (Å²) in [5, 5.41) is 4.07. The molecule has 1 amide bonds. The van der Waals surface area contributed by atoms with Crippen LogP contribution >= 0.6 is 0 Å². The second-order valence-corrected chi connectivity index (χ2v) is 5.41. The molecule has 1 aromatic carbocycles. The normalized spacial score (nSPS) is 10.9. The molecule has 1 N–H and O–H groups in total. The van der Waals surface area contributed by atoms with Crippen LogP contribution in [-0.2, 0) is 0 Å². The highest BCUT2D eigenvalue weighted by Gasteiger charge is 2.10. The van der Waals surface area contributed by atoms with Gasteiger partial charge in [0, 0.05) is 28.7 Å². The number of aryl methyl sites for hydroxylation is 1. The quantitative estimate of drug-likeness (QED) is 0.593. The summed E-state index contributed by atoms with van der Waals surface area (Å²) in [5.41, 5.74) is 6.14. The molecular formula is C19H18N4O. The standard InChI is InChI=1S/C19H18N4O/c1-14-12-17(15(2)23(14)18-10-6-7-11-20-18)13-21-22-19(24)16-8-4-3-5-9-16/h3-13H,1-2H3,(H,22,24)/b21-13-. The second-order valence-electron chi connectivity index (χ2n) is 5.41. The van der Waals surface area contributed by atoms with Crippen molar-refractivity contribution < 1.29 is 4.79 Å². The Bertz CT molecular complexity index is 867. The van der Waals surface area contributed by atoms with E-state index in [1.165, 1.54) is 0 Å². The average Bonchev–Trinajstić information content (AvgIpc) is 2.90. The van der Waals surface area contributed by atoms with Crippen molar-refractivity contribution in [2.24, 2.45) is 5.10 Å². The van der Waals surface area contributed by atoms with Crippen LogP contribution in [0, 0.1) is 13.8 Å². The lowest BCUT2D eigenvalue weighted by molar-refractivity contribution is 0.0955. The number of aromatic nitrogens is 2. The summed E-state index contributed by atoms with van der Waals surface area (Å²) in [6.45, 7) is 4.02. The Balaban J connectivity index is 1.78. The third-order valence-electron chi connectivity index (χ3n) is 3.75. The number of rotatable bonds is 4. The number of benzene rings is 1. The molecule has 0 saturated heterocycles. The van der Waals surface area contributed by atoms with Gasteiger partial charge in [-0.05, 0) is 44.2 Å². The van der Waals surface area contributed by atoms with E-state index < -0.39 is 0 Å². The zero-order valence-corrected chi connectivity index (χ0v) is 13.6. The Morgan fingerprint density at radius 3 is 2.58 bits per heavy atom. The van der Waals surface area contributed by atoms with E-state index in [1.54, 1.807) is 24.5 Å². The first kappa shape index (κ1) is 15.7. The predicted octanol–water partition coefficient (Wildman–Crippen LogP) is 3.25. The summed E-state index contributed by atoms with van der Waals surface area (Å²) in [4.78, 5) is 16.4. The fraction of sp³-hybridized carbons (Fsp3) is 0.105. The molecule has 120 valence electrons. The van der Waals surface area contributed by atoms with Crippen molar-refractivity contribution >= 4 is 12.1 Å². The summed E-state index contributed by atoms with van der Waals surface area (Å²) < 4.78 is 2.06. The fourth-order valence-electron chi connectivity index (χ4n) is 2.57. The van der Waals surface area contributed by atoms with Crippen molar-refractivity contribution in [3.63, 3.8) is 0 Å². The van der Waals surface area contributed by atoms with E-state index in [4.69, 9.17) is 0 Å². The van der Waals surface area contributed by atoms with Crippen LogP contribution < -0.4 is 5.43 Å². The lowest BCUT2D eigenvalue weighted by atomic mass is 10.2. The van der Waals surface area contributed by atoms with Crippen molar-refractivity contribution in [1.29, 1.82) is 0 Å². The van der Waals surface area contributed by atoms with Crippen LogP contribution in [0.15, 0.2) is 65.9 Å². The van der Waals surface area contributed by atoms with Crippen LogP contribution in [-0.4, -0.2) is 21.7 Å². The first-order valence-corrected chi connectivity index (χ1v) is 7.65. The summed E-state index contributed by atoms with van der Waals surface area (Å²) in [7, 11) is 0. The van der Waals surface area contributed by atoms with Gasteiger partial charge in [-0.25, -0.2) is 10.4 Å². The zero-order valence-electron chi connectivity index (χ0n) is 13.6. The molecule has 3 aromatic rings. The second kappa shape index (κ2) is 6.91. The number of hydrazone groups is 1. The molecular weight excluding hydrogens is 300 g/mol. The molecule has 0 aliphatic heterocycles. The highest BCUT2D eigenvalue weighted by Crippen LogP contribution is 2.17. The lowest BCUT2D eigenvalue weighted by Crippen LogP contribution is -2.17. The topological polar surface area (TPSA) is 59.3 Å². The summed E-state index contributed by atoms with van der Waals surface area (Å²) in [6.07, 6.45) is 3.42. The first-order chi connectivity index (χ1) is 11.7. The van der Waals surface area contributed by atoms with Crippen molar-refractivity contribution in [2.45, 2.75) is 13.8 Å². The van der Waals surface area contributed by atoms with Crippen LogP contribution in [0.3, 0.4) is 0 Å². The molecule has 0 saturated carbocycles. The fourth-order valence-corrected chi connectivity index (χ4v) is 2.57. The average molecular weight is 318 g/mol. The molecule has 2 heterocycles. The molecule has 5 heteroatoms. The molecule has 0 bridgehead atoms. The maximum atomic E-state index is 12.0.